The largest absolute Gasteiger partial charge is 0.506 e. The molecule has 0 bridgehead atoms. The summed E-state index contributed by atoms with van der Waals surface area (Å²) in [6, 6.07) is 5.69. The van der Waals surface area contributed by atoms with Gasteiger partial charge < -0.3 is 31.2 Å². The molecular formula is C19H12F6N2O4. The van der Waals surface area contributed by atoms with Gasteiger partial charge in [-0.2, -0.15) is 17.6 Å². The number of halogens is 6. The van der Waals surface area contributed by atoms with Gasteiger partial charge in [-0.1, -0.05) is 0 Å². The summed E-state index contributed by atoms with van der Waals surface area (Å²) in [6.45, 7) is 0. The number of aromatic hydroxyl groups is 2. The topological polar surface area (TPSA) is 111 Å². The first-order valence-corrected chi connectivity index (χ1v) is 8.20. The van der Waals surface area contributed by atoms with Crippen LogP contribution in [0, 0.1) is 17.5 Å². The van der Waals surface area contributed by atoms with Crippen LogP contribution >= 0.6 is 0 Å². The standard InChI is InChI=1S/C19H12F6N2O4/c20-14-13(19(23,24)25)15(21)18(31-8-2-4-10(27)12(29)6-8)16(22)17(14)30-7-1-3-9(26)11(28)5-7/h1-6,28-29H,26-27H2. The van der Waals surface area contributed by atoms with Crippen LogP contribution in [0.4, 0.5) is 37.7 Å². The van der Waals surface area contributed by atoms with E-state index in [1.807, 2.05) is 0 Å². The molecule has 0 amide bonds. The molecule has 0 heterocycles. The number of nitrogen functional groups attached to an aromatic ring is 2. The Balaban J connectivity index is 2.18. The van der Waals surface area contributed by atoms with Crippen molar-refractivity contribution >= 4 is 11.4 Å². The van der Waals surface area contributed by atoms with Crippen LogP contribution in [0.5, 0.6) is 34.5 Å². The van der Waals surface area contributed by atoms with Crippen molar-refractivity contribution in [1.29, 1.82) is 0 Å². The first-order valence-electron chi connectivity index (χ1n) is 8.20. The molecule has 0 aliphatic heterocycles. The van der Waals surface area contributed by atoms with Gasteiger partial charge in [0.05, 0.1) is 11.4 Å². The third-order valence-electron chi connectivity index (χ3n) is 3.96. The van der Waals surface area contributed by atoms with Gasteiger partial charge in [0.2, 0.25) is 17.3 Å². The van der Waals surface area contributed by atoms with Crippen LogP contribution < -0.4 is 20.9 Å². The molecule has 3 rings (SSSR count). The van der Waals surface area contributed by atoms with Gasteiger partial charge in [-0.25, -0.2) is 8.78 Å². The summed E-state index contributed by atoms with van der Waals surface area (Å²) in [4.78, 5) is 0. The maximum Gasteiger partial charge on any atom is 0.422 e. The molecule has 0 fully saturated rings. The first kappa shape index (κ1) is 21.7. The quantitative estimate of drug-likeness (QED) is 0.247. The Hall–Kier alpha value is -3.96. The summed E-state index contributed by atoms with van der Waals surface area (Å²) in [5.74, 6) is -12.2. The van der Waals surface area contributed by atoms with Crippen LogP contribution in [0.25, 0.3) is 0 Å². The molecule has 31 heavy (non-hydrogen) atoms. The molecule has 6 nitrogen and oxygen atoms in total. The summed E-state index contributed by atoms with van der Waals surface area (Å²) in [5.41, 5.74) is 7.99. The van der Waals surface area contributed by atoms with E-state index in [4.69, 9.17) is 20.9 Å². The van der Waals surface area contributed by atoms with Gasteiger partial charge in [-0.15, -0.1) is 0 Å². The van der Waals surface area contributed by atoms with E-state index in [-0.39, 0.29) is 11.4 Å². The molecule has 3 aromatic carbocycles. The third-order valence-corrected chi connectivity index (χ3v) is 3.96. The fraction of sp³-hybridized carbons (Fsp3) is 0.0526. The van der Waals surface area contributed by atoms with Crippen LogP contribution in [0.15, 0.2) is 36.4 Å². The molecule has 0 spiro atoms. The smallest absolute Gasteiger partial charge is 0.422 e. The molecule has 12 heteroatoms. The van der Waals surface area contributed by atoms with Crippen molar-refractivity contribution in [2.75, 3.05) is 11.5 Å². The van der Waals surface area contributed by atoms with E-state index in [1.54, 1.807) is 0 Å². The maximum absolute atomic E-state index is 14.8. The Bertz CT molecular complexity index is 1090. The van der Waals surface area contributed by atoms with Gasteiger partial charge in [0.25, 0.3) is 0 Å². The predicted octanol–water partition coefficient (Wildman–Crippen LogP) is 5.28. The molecule has 0 unspecified atom stereocenters. The number of ether oxygens (including phenoxy) is 2. The lowest BCUT2D eigenvalue weighted by Gasteiger charge is -2.18. The normalized spacial score (nSPS) is 11.4. The second-order valence-electron chi connectivity index (χ2n) is 6.12. The Morgan fingerprint density at radius 3 is 1.39 bits per heavy atom. The number of anilines is 2. The van der Waals surface area contributed by atoms with E-state index in [0.717, 1.165) is 36.4 Å². The number of nitrogens with two attached hydrogens (primary N) is 2. The summed E-state index contributed by atoms with van der Waals surface area (Å²) in [6.07, 6.45) is -5.59. The number of phenolic OH excluding ortho intramolecular Hbond substituents is 2. The van der Waals surface area contributed by atoms with Gasteiger partial charge in [-0.05, 0) is 24.3 Å². The van der Waals surface area contributed by atoms with Crippen molar-refractivity contribution < 1.29 is 46.0 Å². The predicted molar refractivity (Wildman–Crippen MR) is 96.5 cm³/mol. The molecule has 0 atom stereocenters. The van der Waals surface area contributed by atoms with Crippen molar-refractivity contribution in [1.82, 2.24) is 0 Å². The molecule has 0 saturated heterocycles. The van der Waals surface area contributed by atoms with Crippen molar-refractivity contribution in [2.24, 2.45) is 0 Å². The number of benzene rings is 3. The summed E-state index contributed by atoms with van der Waals surface area (Å²) in [5, 5.41) is 19.1. The number of phenols is 2. The fourth-order valence-corrected chi connectivity index (χ4v) is 2.46. The van der Waals surface area contributed by atoms with E-state index in [9.17, 15) is 36.6 Å². The van der Waals surface area contributed by atoms with Crippen molar-refractivity contribution in [3.63, 3.8) is 0 Å². The van der Waals surface area contributed by atoms with Crippen molar-refractivity contribution in [3.8, 4) is 34.5 Å². The monoisotopic (exact) mass is 446 g/mol. The molecule has 0 radical (unpaired) electrons. The lowest BCUT2D eigenvalue weighted by molar-refractivity contribution is -0.142. The average Bonchev–Trinajstić information content (AvgIpc) is 2.67. The highest BCUT2D eigenvalue weighted by Gasteiger charge is 2.43. The van der Waals surface area contributed by atoms with Gasteiger partial charge in [0.15, 0.2) is 11.6 Å². The zero-order valence-corrected chi connectivity index (χ0v) is 15.1. The van der Waals surface area contributed by atoms with Crippen LogP contribution in [0.3, 0.4) is 0 Å². The minimum Gasteiger partial charge on any atom is -0.506 e. The highest BCUT2D eigenvalue weighted by atomic mass is 19.4. The number of alkyl halides is 3. The summed E-state index contributed by atoms with van der Waals surface area (Å²) in [7, 11) is 0. The van der Waals surface area contributed by atoms with Crippen molar-refractivity contribution in [2.45, 2.75) is 6.18 Å². The Morgan fingerprint density at radius 2 is 1.06 bits per heavy atom. The average molecular weight is 446 g/mol. The second-order valence-corrected chi connectivity index (χ2v) is 6.12. The molecular weight excluding hydrogens is 434 g/mol. The molecule has 0 aliphatic rings. The number of hydrogen-bond donors (Lipinski definition) is 4. The van der Waals surface area contributed by atoms with Crippen LogP contribution in [-0.4, -0.2) is 10.2 Å². The van der Waals surface area contributed by atoms with Crippen LogP contribution in [-0.2, 0) is 6.18 Å². The SMILES string of the molecule is Nc1ccc(Oc2c(F)c(Oc3ccc(N)c(O)c3)c(F)c(C(F)(F)F)c2F)cc1O. The molecule has 0 aromatic heterocycles. The minimum atomic E-state index is -5.59. The molecule has 3 aromatic rings. The van der Waals surface area contributed by atoms with E-state index in [0.29, 0.717) is 0 Å². The summed E-state index contributed by atoms with van der Waals surface area (Å²) < 4.78 is 93.2. The lowest BCUT2D eigenvalue weighted by atomic mass is 10.1. The molecule has 0 aliphatic carbocycles. The van der Waals surface area contributed by atoms with Gasteiger partial charge in [-0.3, -0.25) is 0 Å². The maximum atomic E-state index is 14.8. The number of hydrogen-bond acceptors (Lipinski definition) is 6. The first-order chi connectivity index (χ1) is 14.4. The Kier molecular flexibility index (Phi) is 5.40. The van der Waals surface area contributed by atoms with Gasteiger partial charge >= 0.3 is 6.18 Å². The van der Waals surface area contributed by atoms with Gasteiger partial charge in [0, 0.05) is 12.1 Å². The third kappa shape index (κ3) is 4.17. The van der Waals surface area contributed by atoms with Crippen LogP contribution in [0.1, 0.15) is 5.56 Å². The zero-order valence-electron chi connectivity index (χ0n) is 15.1. The Morgan fingerprint density at radius 1 is 0.677 bits per heavy atom. The summed E-state index contributed by atoms with van der Waals surface area (Å²) >= 11 is 0. The minimum absolute atomic E-state index is 0.143. The van der Waals surface area contributed by atoms with Gasteiger partial charge in [0.1, 0.15) is 28.6 Å². The lowest BCUT2D eigenvalue weighted by Crippen LogP contribution is -2.15. The van der Waals surface area contributed by atoms with Crippen molar-refractivity contribution in [3.05, 3.63) is 59.4 Å². The Labute approximate surface area is 169 Å². The van der Waals surface area contributed by atoms with Crippen LogP contribution in [0.2, 0.25) is 0 Å². The van der Waals surface area contributed by atoms with E-state index < -0.39 is 63.7 Å². The molecule has 0 saturated carbocycles. The molecule has 164 valence electrons. The highest BCUT2D eigenvalue weighted by Crippen LogP contribution is 2.46. The second kappa shape index (κ2) is 7.70. The van der Waals surface area contributed by atoms with E-state index >= 15 is 0 Å². The van der Waals surface area contributed by atoms with E-state index in [1.165, 1.54) is 0 Å². The molecule has 6 N–H and O–H groups in total. The number of rotatable bonds is 4. The fourth-order valence-electron chi connectivity index (χ4n) is 2.46. The zero-order chi connectivity index (χ0) is 23.1. The van der Waals surface area contributed by atoms with E-state index in [2.05, 4.69) is 0 Å². The highest BCUT2D eigenvalue weighted by molar-refractivity contribution is 5.57.